The van der Waals surface area contributed by atoms with E-state index in [9.17, 15) is 9.90 Å². The van der Waals surface area contributed by atoms with E-state index in [2.05, 4.69) is 35.4 Å². The molecule has 3 fully saturated rings. The van der Waals surface area contributed by atoms with Gasteiger partial charge in [0.15, 0.2) is 17.4 Å². The quantitative estimate of drug-likeness (QED) is 0.393. The Morgan fingerprint density at radius 3 is 3.09 bits per heavy atom. The molecule has 2 saturated heterocycles. The number of rotatable bonds is 5. The highest BCUT2D eigenvalue weighted by molar-refractivity contribution is 8.68. The van der Waals surface area contributed by atoms with Crippen molar-refractivity contribution in [1.82, 2.24) is 19.5 Å². The van der Waals surface area contributed by atoms with Gasteiger partial charge < -0.3 is 24.6 Å². The lowest BCUT2D eigenvalue weighted by molar-refractivity contribution is -0.0464. The number of allylic oxidation sites excluding steroid dienone is 1. The summed E-state index contributed by atoms with van der Waals surface area (Å²) in [4.78, 5) is 22.8. The molecule has 2 aliphatic heterocycles. The average Bonchev–Trinajstić information content (AvgIpc) is 3.38. The van der Waals surface area contributed by atoms with Crippen molar-refractivity contribution < 1.29 is 18.9 Å². The van der Waals surface area contributed by atoms with E-state index < -0.39 is 29.7 Å². The van der Waals surface area contributed by atoms with Crippen LogP contribution in [0.4, 0.5) is 5.95 Å². The van der Waals surface area contributed by atoms with Gasteiger partial charge in [0.25, 0.3) is 5.56 Å². The molecule has 13 heteroatoms. The fourth-order valence-corrected chi connectivity index (χ4v) is 12.2. The summed E-state index contributed by atoms with van der Waals surface area (Å²) in [6.45, 7) is 10.5. The van der Waals surface area contributed by atoms with E-state index in [0.717, 1.165) is 19.3 Å². The summed E-state index contributed by atoms with van der Waals surface area (Å²) < 4.78 is 20.2. The normalized spacial score (nSPS) is 40.0. The minimum Gasteiger partial charge on any atom is -0.388 e. The molecule has 1 aliphatic carbocycles. The molecule has 186 valence electrons. The van der Waals surface area contributed by atoms with E-state index in [0.29, 0.717) is 5.92 Å². The summed E-state index contributed by atoms with van der Waals surface area (Å²) in [5, 5.41) is 10.9. The summed E-state index contributed by atoms with van der Waals surface area (Å²) in [5.41, 5.74) is 4.27. The van der Waals surface area contributed by atoms with Crippen LogP contribution in [0.15, 0.2) is 23.3 Å². The Labute approximate surface area is 206 Å². The Kier molecular flexibility index (Phi) is 6.24. The molecule has 8 atom stereocenters. The zero-order valence-corrected chi connectivity index (χ0v) is 21.9. The molecule has 34 heavy (non-hydrogen) atoms. The second-order valence-electron chi connectivity index (χ2n) is 9.75. The number of nitrogens with zero attached hydrogens (tertiary/aromatic N) is 3. The molecule has 5 rings (SSSR count). The van der Waals surface area contributed by atoms with E-state index in [-0.39, 0.29) is 40.5 Å². The van der Waals surface area contributed by atoms with Crippen LogP contribution in [-0.4, -0.2) is 54.3 Å². The van der Waals surface area contributed by atoms with Crippen LogP contribution in [0.25, 0.3) is 11.2 Å². The molecule has 0 radical (unpaired) electrons. The third kappa shape index (κ3) is 4.17. The topological polar surface area (TPSA) is 138 Å². The molecule has 4 heterocycles. The molecule has 0 unspecified atom stereocenters. The van der Waals surface area contributed by atoms with Crippen LogP contribution >= 0.6 is 17.1 Å². The number of imidazole rings is 1. The number of ether oxygens (including phenoxy) is 1. The number of nitrogen functional groups attached to an aromatic ring is 1. The average molecular weight is 528 g/mol. The van der Waals surface area contributed by atoms with Gasteiger partial charge in [0.05, 0.1) is 25.1 Å². The Balaban J connectivity index is 1.29. The number of nitrogens with one attached hydrogen (secondary N) is 1. The minimum atomic E-state index is -2.56. The number of aromatic nitrogens is 4. The molecule has 3 aliphatic rings. The highest BCUT2D eigenvalue weighted by Crippen LogP contribution is 2.75. The molecular weight excluding hydrogens is 497 g/mol. The van der Waals surface area contributed by atoms with Crippen molar-refractivity contribution in [2.24, 2.45) is 11.8 Å². The number of hydrogen-bond donors (Lipinski definition) is 3. The summed E-state index contributed by atoms with van der Waals surface area (Å²) in [6, 6.07) is 0. The lowest BCUT2D eigenvalue weighted by Gasteiger charge is -2.37. The van der Waals surface area contributed by atoms with Crippen LogP contribution < -0.4 is 11.3 Å². The lowest BCUT2D eigenvalue weighted by atomic mass is 9.77. The zero-order valence-electron chi connectivity index (χ0n) is 19.3. The number of aliphatic hydroxyl groups is 1. The number of aliphatic hydroxyl groups excluding tert-OH is 1. The molecule has 0 amide bonds. The second kappa shape index (κ2) is 8.69. The summed E-state index contributed by atoms with van der Waals surface area (Å²) in [7, 11) is 0. The van der Waals surface area contributed by atoms with Crippen LogP contribution in [0, 0.1) is 11.8 Å². The third-order valence-electron chi connectivity index (χ3n) is 7.30. The van der Waals surface area contributed by atoms with Crippen molar-refractivity contribution in [3.63, 3.8) is 0 Å². The molecular formula is C21H30N5O5PS2. The van der Waals surface area contributed by atoms with Gasteiger partial charge >= 0.3 is 0 Å². The molecule has 4 N–H and O–H groups in total. The number of nitrogens with two attached hydrogens (primary N) is 1. The number of aromatic amines is 1. The van der Waals surface area contributed by atoms with Crippen molar-refractivity contribution in [2.75, 3.05) is 12.3 Å². The first-order valence-electron chi connectivity index (χ1n) is 11.3. The SMILES string of the molecule is C=C(C)[C@H]1CC[C@@]2(C)S[P@](=S)(OC[C@H]3O[C@@H](n4cnc5c(=O)[nH]c(N)nc54)[C@H](O)[C@@H]3C)O[C@@H]2C1. The molecule has 2 aromatic rings. The monoisotopic (exact) mass is 527 g/mol. The van der Waals surface area contributed by atoms with Crippen LogP contribution in [0.5, 0.6) is 0 Å². The van der Waals surface area contributed by atoms with Crippen molar-refractivity contribution >= 4 is 46.0 Å². The number of fused-ring (bicyclic) bond motifs is 2. The van der Waals surface area contributed by atoms with Gasteiger partial charge in [-0.15, -0.1) is 0 Å². The van der Waals surface area contributed by atoms with Gasteiger partial charge in [0.1, 0.15) is 6.10 Å². The van der Waals surface area contributed by atoms with Gasteiger partial charge in [-0.05, 0) is 50.8 Å². The fraction of sp³-hybridized carbons (Fsp3) is 0.667. The summed E-state index contributed by atoms with van der Waals surface area (Å²) in [6.07, 6.45) is 2.44. The molecule has 0 bridgehead atoms. The van der Waals surface area contributed by atoms with Crippen LogP contribution in [0.2, 0.25) is 0 Å². The first kappa shape index (κ1) is 24.4. The van der Waals surface area contributed by atoms with Gasteiger partial charge in [-0.1, -0.05) is 30.5 Å². The Morgan fingerprint density at radius 1 is 1.59 bits per heavy atom. The molecule has 0 aromatic carbocycles. The maximum atomic E-state index is 12.1. The van der Waals surface area contributed by atoms with E-state index in [1.807, 2.05) is 6.92 Å². The number of H-pyrrole nitrogens is 1. The van der Waals surface area contributed by atoms with Gasteiger partial charge in [0.2, 0.25) is 11.6 Å². The summed E-state index contributed by atoms with van der Waals surface area (Å²) >= 11 is 7.53. The molecule has 2 aromatic heterocycles. The fourth-order valence-electron chi connectivity index (χ4n) is 5.02. The highest BCUT2D eigenvalue weighted by atomic mass is 32.9. The van der Waals surface area contributed by atoms with Gasteiger partial charge in [-0.3, -0.25) is 14.3 Å². The lowest BCUT2D eigenvalue weighted by Crippen LogP contribution is -2.39. The third-order valence-corrected chi connectivity index (χ3v) is 13.1. The maximum Gasteiger partial charge on any atom is 0.280 e. The number of anilines is 1. The molecule has 1 saturated carbocycles. The molecule has 0 spiro atoms. The van der Waals surface area contributed by atoms with Crippen molar-refractivity contribution in [3.8, 4) is 0 Å². The Hall–Kier alpha value is -1.27. The zero-order chi connectivity index (χ0) is 24.4. The Bertz CT molecular complexity index is 1240. The minimum absolute atomic E-state index is 0.0308. The predicted octanol–water partition coefficient (Wildman–Crippen LogP) is 3.10. The largest absolute Gasteiger partial charge is 0.388 e. The first-order valence-corrected chi connectivity index (χ1v) is 15.4. The van der Waals surface area contributed by atoms with Gasteiger partial charge in [-0.25, -0.2) is 4.98 Å². The maximum absolute atomic E-state index is 12.1. The standard InChI is InChI=1S/C21H30N5O5PS2/c1-10(2)12-5-6-21(4)14(7-12)31-32(33,34-21)29-8-13-11(3)16(27)19(30-13)26-9-23-15-17(26)24-20(22)25-18(15)28/h9,11-14,16,19,27H,1,5-8H2,2-4H3,(H3,22,24,25,28)/t11-,12+,13-,14-,16-,19-,21-,32-/m1/s1. The molecule has 10 nitrogen and oxygen atoms in total. The van der Waals surface area contributed by atoms with Crippen LogP contribution in [-0.2, 0) is 25.6 Å². The van der Waals surface area contributed by atoms with E-state index in [4.69, 9.17) is 31.3 Å². The van der Waals surface area contributed by atoms with Crippen molar-refractivity contribution in [2.45, 2.75) is 69.3 Å². The van der Waals surface area contributed by atoms with E-state index >= 15 is 0 Å². The number of hydrogen-bond acceptors (Lipinski definition) is 10. The van der Waals surface area contributed by atoms with E-state index in [1.54, 1.807) is 11.4 Å². The van der Waals surface area contributed by atoms with Gasteiger partial charge in [-0.2, -0.15) is 4.98 Å². The second-order valence-corrected chi connectivity index (χ2v) is 16.4. The van der Waals surface area contributed by atoms with Crippen molar-refractivity contribution in [3.05, 3.63) is 28.8 Å². The van der Waals surface area contributed by atoms with Crippen LogP contribution in [0.3, 0.4) is 0 Å². The van der Waals surface area contributed by atoms with Crippen LogP contribution in [0.1, 0.15) is 46.3 Å². The Morgan fingerprint density at radius 2 is 2.35 bits per heavy atom. The van der Waals surface area contributed by atoms with Gasteiger partial charge in [0, 0.05) is 10.7 Å². The highest BCUT2D eigenvalue weighted by Gasteiger charge is 2.54. The predicted molar refractivity (Wildman–Crippen MR) is 135 cm³/mol. The van der Waals surface area contributed by atoms with Crippen molar-refractivity contribution in [1.29, 1.82) is 0 Å². The smallest absolute Gasteiger partial charge is 0.280 e. The summed E-state index contributed by atoms with van der Waals surface area (Å²) in [5.74, 6) is 0.174. The first-order chi connectivity index (χ1) is 16.0. The van der Waals surface area contributed by atoms with E-state index in [1.165, 1.54) is 16.5 Å².